The molecule has 1 aromatic carbocycles. The fraction of sp³-hybridized carbons (Fsp3) is 0.333. The molecule has 1 atom stereocenters. The van der Waals surface area contributed by atoms with Crippen LogP contribution in [0.25, 0.3) is 22.3 Å². The summed E-state index contributed by atoms with van der Waals surface area (Å²) >= 11 is 0. The number of fused-ring (bicyclic) bond motifs is 1. The maximum absolute atomic E-state index is 11.5. The summed E-state index contributed by atoms with van der Waals surface area (Å²) in [4.78, 5) is 26.4. The number of aromatic nitrogens is 3. The van der Waals surface area contributed by atoms with Crippen LogP contribution in [-0.2, 0) is 4.74 Å². The summed E-state index contributed by atoms with van der Waals surface area (Å²) in [6, 6.07) is 6.89. The van der Waals surface area contributed by atoms with Crippen molar-refractivity contribution in [2.24, 2.45) is 5.73 Å². The van der Waals surface area contributed by atoms with Gasteiger partial charge in [-0.2, -0.15) is 0 Å². The monoisotopic (exact) mass is 425 g/mol. The Labute approximate surface area is 178 Å². The fourth-order valence-corrected chi connectivity index (χ4v) is 3.38. The Hall–Kier alpha value is -3.66. The molecule has 0 radical (unpaired) electrons. The first kappa shape index (κ1) is 20.6. The summed E-state index contributed by atoms with van der Waals surface area (Å²) in [5.41, 5.74) is 8.01. The van der Waals surface area contributed by atoms with Gasteiger partial charge in [0, 0.05) is 24.5 Å². The van der Waals surface area contributed by atoms with E-state index in [4.69, 9.17) is 24.7 Å². The number of benzene rings is 1. The molecule has 0 aliphatic carbocycles. The first-order valence-electron chi connectivity index (χ1n) is 9.72. The zero-order chi connectivity index (χ0) is 21.8. The number of nitrogens with zero attached hydrogens (tertiary/aromatic N) is 4. The second kappa shape index (κ2) is 9.00. The van der Waals surface area contributed by atoms with Crippen LogP contribution in [0.15, 0.2) is 36.7 Å². The molecule has 2 aromatic heterocycles. The van der Waals surface area contributed by atoms with E-state index in [0.717, 1.165) is 5.56 Å². The average Bonchev–Trinajstić information content (AvgIpc) is 2.82. The Balaban J connectivity index is 1.63. The van der Waals surface area contributed by atoms with Gasteiger partial charge in [0.05, 0.1) is 38.6 Å². The molecule has 1 fully saturated rings. The van der Waals surface area contributed by atoms with Crippen molar-refractivity contribution in [1.82, 2.24) is 19.9 Å². The highest BCUT2D eigenvalue weighted by Crippen LogP contribution is 2.33. The summed E-state index contributed by atoms with van der Waals surface area (Å²) in [6.45, 7) is 1.41. The van der Waals surface area contributed by atoms with Crippen molar-refractivity contribution in [2.45, 2.75) is 6.10 Å². The number of hydrogen-bond donors (Lipinski definition) is 1. The summed E-state index contributed by atoms with van der Waals surface area (Å²) in [6.07, 6.45) is 2.87. The van der Waals surface area contributed by atoms with Crippen molar-refractivity contribution >= 4 is 17.1 Å². The maximum Gasteiger partial charge on any atom is 0.314 e. The number of carbonyl (C=O) groups is 1. The Morgan fingerprint density at radius 1 is 1.19 bits per heavy atom. The van der Waals surface area contributed by atoms with Crippen LogP contribution in [-0.4, -0.2) is 72.5 Å². The zero-order valence-corrected chi connectivity index (χ0v) is 17.3. The fourth-order valence-electron chi connectivity index (χ4n) is 3.38. The van der Waals surface area contributed by atoms with E-state index in [1.807, 2.05) is 24.3 Å². The number of carbonyl (C=O) groups excluding carboxylic acids is 1. The maximum atomic E-state index is 11.5. The summed E-state index contributed by atoms with van der Waals surface area (Å²) < 4.78 is 22.4. The van der Waals surface area contributed by atoms with Crippen LogP contribution in [0.2, 0.25) is 0 Å². The molecule has 10 heteroatoms. The molecular weight excluding hydrogens is 402 g/mol. The minimum atomic E-state index is -0.474. The Morgan fingerprint density at radius 2 is 2.00 bits per heavy atom. The number of morpholine rings is 1. The lowest BCUT2D eigenvalue weighted by molar-refractivity contribution is -0.0346. The normalized spacial score (nSPS) is 16.2. The lowest BCUT2D eigenvalue weighted by atomic mass is 10.1. The van der Waals surface area contributed by atoms with Crippen LogP contribution in [0.4, 0.5) is 4.79 Å². The van der Waals surface area contributed by atoms with E-state index >= 15 is 0 Å². The van der Waals surface area contributed by atoms with Crippen molar-refractivity contribution < 1.29 is 23.7 Å². The van der Waals surface area contributed by atoms with Crippen LogP contribution in [0.3, 0.4) is 0 Å². The van der Waals surface area contributed by atoms with E-state index in [9.17, 15) is 4.79 Å². The third kappa shape index (κ3) is 4.43. The SMILES string of the molecule is COc1ccc(-c2cc3nccnc3c(OCC3CN(C(N)=O)CCO3)n2)cc1OC. The van der Waals surface area contributed by atoms with Gasteiger partial charge in [0.2, 0.25) is 5.88 Å². The van der Waals surface area contributed by atoms with Crippen LogP contribution in [0, 0.1) is 0 Å². The van der Waals surface area contributed by atoms with Gasteiger partial charge in [0.25, 0.3) is 0 Å². The lowest BCUT2D eigenvalue weighted by Gasteiger charge is -2.31. The number of ether oxygens (including phenoxy) is 4. The van der Waals surface area contributed by atoms with Crippen molar-refractivity contribution in [3.05, 3.63) is 36.7 Å². The Bertz CT molecular complexity index is 1090. The first-order valence-corrected chi connectivity index (χ1v) is 9.72. The first-order chi connectivity index (χ1) is 15.1. The molecule has 1 saturated heterocycles. The largest absolute Gasteiger partial charge is 0.493 e. The van der Waals surface area contributed by atoms with Crippen LogP contribution < -0.4 is 19.9 Å². The molecule has 1 aliphatic rings. The molecule has 162 valence electrons. The molecule has 0 saturated carbocycles. The number of urea groups is 1. The average molecular weight is 425 g/mol. The molecule has 1 aliphatic heterocycles. The quantitative estimate of drug-likeness (QED) is 0.635. The van der Waals surface area contributed by atoms with Gasteiger partial charge in [0.15, 0.2) is 17.0 Å². The van der Waals surface area contributed by atoms with E-state index in [1.54, 1.807) is 26.6 Å². The van der Waals surface area contributed by atoms with Gasteiger partial charge < -0.3 is 29.6 Å². The van der Waals surface area contributed by atoms with Crippen LogP contribution in [0.5, 0.6) is 17.4 Å². The number of hydrogen-bond acceptors (Lipinski definition) is 8. The van der Waals surface area contributed by atoms with Gasteiger partial charge in [-0.05, 0) is 24.3 Å². The van der Waals surface area contributed by atoms with Gasteiger partial charge >= 0.3 is 6.03 Å². The highest BCUT2D eigenvalue weighted by atomic mass is 16.5. The predicted molar refractivity (Wildman–Crippen MR) is 112 cm³/mol. The third-order valence-electron chi connectivity index (χ3n) is 4.96. The number of amides is 2. The van der Waals surface area contributed by atoms with Crippen LogP contribution >= 0.6 is 0 Å². The molecule has 1 unspecified atom stereocenters. The van der Waals surface area contributed by atoms with Crippen molar-refractivity contribution in [3.8, 4) is 28.6 Å². The molecular formula is C21H23N5O5. The topological polar surface area (TPSA) is 122 Å². The number of methoxy groups -OCH3 is 2. The molecule has 0 bridgehead atoms. The number of nitrogens with two attached hydrogens (primary N) is 1. The van der Waals surface area contributed by atoms with Crippen molar-refractivity contribution in [1.29, 1.82) is 0 Å². The van der Waals surface area contributed by atoms with Gasteiger partial charge in [-0.25, -0.2) is 14.8 Å². The van der Waals surface area contributed by atoms with E-state index in [2.05, 4.69) is 15.0 Å². The van der Waals surface area contributed by atoms with Gasteiger partial charge in [-0.15, -0.1) is 0 Å². The number of pyridine rings is 1. The standard InChI is InChI=1S/C21H23N5O5/c1-28-17-4-3-13(9-18(17)29-2)15-10-16-19(24-6-5-23-16)20(25-15)31-12-14-11-26(21(22)27)7-8-30-14/h3-6,9-10,14H,7-8,11-12H2,1-2H3,(H2,22,27). The molecule has 2 N–H and O–H groups in total. The third-order valence-corrected chi connectivity index (χ3v) is 4.96. The van der Waals surface area contributed by atoms with E-state index in [1.165, 1.54) is 4.90 Å². The number of primary amides is 1. The molecule has 4 rings (SSSR count). The molecule has 0 spiro atoms. The van der Waals surface area contributed by atoms with E-state index < -0.39 is 6.03 Å². The van der Waals surface area contributed by atoms with E-state index in [-0.39, 0.29) is 12.7 Å². The second-order valence-electron chi connectivity index (χ2n) is 6.89. The van der Waals surface area contributed by atoms with Gasteiger partial charge in [-0.1, -0.05) is 0 Å². The zero-order valence-electron chi connectivity index (χ0n) is 17.3. The highest BCUT2D eigenvalue weighted by molar-refractivity contribution is 5.83. The number of rotatable bonds is 6. The predicted octanol–water partition coefficient (Wildman–Crippen LogP) is 1.87. The van der Waals surface area contributed by atoms with Gasteiger partial charge in [0.1, 0.15) is 12.7 Å². The molecule has 2 amide bonds. The molecule has 10 nitrogen and oxygen atoms in total. The minimum Gasteiger partial charge on any atom is -0.493 e. The summed E-state index contributed by atoms with van der Waals surface area (Å²) in [5, 5.41) is 0. The Kier molecular flexibility index (Phi) is 5.99. The lowest BCUT2D eigenvalue weighted by Crippen LogP contribution is -2.49. The van der Waals surface area contributed by atoms with Crippen molar-refractivity contribution in [2.75, 3.05) is 40.5 Å². The van der Waals surface area contributed by atoms with Crippen molar-refractivity contribution in [3.63, 3.8) is 0 Å². The van der Waals surface area contributed by atoms with Crippen LogP contribution in [0.1, 0.15) is 0 Å². The highest BCUT2D eigenvalue weighted by Gasteiger charge is 2.24. The summed E-state index contributed by atoms with van der Waals surface area (Å²) in [7, 11) is 3.16. The molecule has 3 aromatic rings. The minimum absolute atomic E-state index is 0.192. The molecule has 31 heavy (non-hydrogen) atoms. The van der Waals surface area contributed by atoms with E-state index in [0.29, 0.717) is 53.8 Å². The van der Waals surface area contributed by atoms with Gasteiger partial charge in [-0.3, -0.25) is 4.98 Å². The smallest absolute Gasteiger partial charge is 0.314 e. The molecule has 3 heterocycles. The Morgan fingerprint density at radius 3 is 2.77 bits per heavy atom. The second-order valence-corrected chi connectivity index (χ2v) is 6.89. The summed E-state index contributed by atoms with van der Waals surface area (Å²) in [5.74, 6) is 1.54.